The van der Waals surface area contributed by atoms with E-state index in [1.807, 2.05) is 18.2 Å². The van der Waals surface area contributed by atoms with Gasteiger partial charge in [0.2, 0.25) is 5.95 Å². The average molecular weight is 258 g/mol. The van der Waals surface area contributed by atoms with Crippen molar-refractivity contribution < 1.29 is 0 Å². The first-order valence-electron chi connectivity index (χ1n) is 6.57. The third-order valence-electron chi connectivity index (χ3n) is 3.22. The lowest BCUT2D eigenvalue weighted by Crippen LogP contribution is -2.54. The van der Waals surface area contributed by atoms with Crippen LogP contribution in [0.1, 0.15) is 13.8 Å². The summed E-state index contributed by atoms with van der Waals surface area (Å²) >= 11 is 0. The number of aromatic amines is 1. The van der Waals surface area contributed by atoms with Crippen molar-refractivity contribution >= 4 is 5.95 Å². The summed E-state index contributed by atoms with van der Waals surface area (Å²) in [4.78, 5) is 11.0. The topological polar surface area (TPSA) is 69.7 Å². The number of aromatic nitrogens is 4. The molecule has 2 aromatic rings. The zero-order valence-corrected chi connectivity index (χ0v) is 11.2. The minimum atomic E-state index is 0.445. The predicted octanol–water partition coefficient (Wildman–Crippen LogP) is 1.05. The van der Waals surface area contributed by atoms with E-state index in [0.29, 0.717) is 12.1 Å². The second kappa shape index (κ2) is 4.97. The van der Waals surface area contributed by atoms with Crippen LogP contribution in [0.2, 0.25) is 0 Å². The highest BCUT2D eigenvalue weighted by Crippen LogP contribution is 2.17. The van der Waals surface area contributed by atoms with E-state index in [9.17, 15) is 0 Å². The van der Waals surface area contributed by atoms with Gasteiger partial charge in [-0.2, -0.15) is 4.98 Å². The number of nitrogens with zero attached hydrogens (tertiary/aromatic N) is 4. The third kappa shape index (κ3) is 2.58. The fourth-order valence-electron chi connectivity index (χ4n) is 2.50. The Bertz CT molecular complexity index is 527. The first-order chi connectivity index (χ1) is 9.22. The Morgan fingerprint density at radius 2 is 2.00 bits per heavy atom. The van der Waals surface area contributed by atoms with E-state index < -0.39 is 0 Å². The third-order valence-corrected chi connectivity index (χ3v) is 3.22. The molecule has 2 aromatic heterocycles. The highest BCUT2D eigenvalue weighted by molar-refractivity contribution is 5.50. The lowest BCUT2D eigenvalue weighted by molar-refractivity contribution is 0.403. The molecule has 3 heterocycles. The van der Waals surface area contributed by atoms with Gasteiger partial charge in [0.05, 0.1) is 0 Å². The van der Waals surface area contributed by atoms with Gasteiger partial charge >= 0.3 is 0 Å². The average Bonchev–Trinajstić information content (AvgIpc) is 2.88. The molecule has 2 unspecified atom stereocenters. The Kier molecular flexibility index (Phi) is 3.16. The molecule has 6 heteroatoms. The molecule has 0 saturated carbocycles. The van der Waals surface area contributed by atoms with Crippen molar-refractivity contribution in [1.82, 2.24) is 25.5 Å². The first kappa shape index (κ1) is 12.1. The molecule has 1 saturated heterocycles. The Balaban J connectivity index is 1.81. The SMILES string of the molecule is CC1CN(c2n[nH]c(-c3ccccn3)n2)CC(C)N1. The molecule has 1 aliphatic heterocycles. The van der Waals surface area contributed by atoms with E-state index >= 15 is 0 Å². The van der Waals surface area contributed by atoms with E-state index in [0.717, 1.165) is 30.6 Å². The zero-order chi connectivity index (χ0) is 13.2. The molecule has 100 valence electrons. The second-order valence-electron chi connectivity index (χ2n) is 5.07. The Morgan fingerprint density at radius 1 is 1.21 bits per heavy atom. The summed E-state index contributed by atoms with van der Waals surface area (Å²) in [5.41, 5.74) is 0.817. The van der Waals surface area contributed by atoms with Gasteiger partial charge in [-0.3, -0.25) is 10.1 Å². The maximum atomic E-state index is 4.54. The van der Waals surface area contributed by atoms with Gasteiger partial charge < -0.3 is 10.2 Å². The smallest absolute Gasteiger partial charge is 0.245 e. The lowest BCUT2D eigenvalue weighted by atomic mass is 10.1. The van der Waals surface area contributed by atoms with Crippen LogP contribution in [0.3, 0.4) is 0 Å². The second-order valence-corrected chi connectivity index (χ2v) is 5.07. The molecule has 19 heavy (non-hydrogen) atoms. The number of hydrogen-bond acceptors (Lipinski definition) is 5. The number of pyridine rings is 1. The van der Waals surface area contributed by atoms with Gasteiger partial charge in [0.1, 0.15) is 5.69 Å². The summed E-state index contributed by atoms with van der Waals surface area (Å²) < 4.78 is 0. The quantitative estimate of drug-likeness (QED) is 0.842. The van der Waals surface area contributed by atoms with Gasteiger partial charge in [-0.1, -0.05) is 6.07 Å². The predicted molar refractivity (Wildman–Crippen MR) is 73.9 cm³/mol. The standard InChI is InChI=1S/C13H18N6/c1-9-7-19(8-10(2)15-9)13-16-12(17-18-13)11-5-3-4-6-14-11/h3-6,9-10,15H,7-8H2,1-2H3,(H,16,17,18). The Labute approximate surface area is 112 Å². The molecule has 0 aromatic carbocycles. The Hall–Kier alpha value is -1.95. The van der Waals surface area contributed by atoms with Gasteiger partial charge in [0, 0.05) is 31.4 Å². The number of piperazine rings is 1. The molecule has 2 atom stereocenters. The summed E-state index contributed by atoms with van der Waals surface area (Å²) in [6.45, 7) is 6.19. The van der Waals surface area contributed by atoms with Crippen molar-refractivity contribution in [2.75, 3.05) is 18.0 Å². The summed E-state index contributed by atoms with van der Waals surface area (Å²) in [5.74, 6) is 1.47. The van der Waals surface area contributed by atoms with Crippen molar-refractivity contribution in [1.29, 1.82) is 0 Å². The van der Waals surface area contributed by atoms with Crippen LogP contribution in [0.5, 0.6) is 0 Å². The number of anilines is 1. The minimum Gasteiger partial charge on any atom is -0.336 e. The lowest BCUT2D eigenvalue weighted by Gasteiger charge is -2.35. The molecule has 2 N–H and O–H groups in total. The van der Waals surface area contributed by atoms with Crippen LogP contribution in [0.15, 0.2) is 24.4 Å². The van der Waals surface area contributed by atoms with Crippen molar-refractivity contribution in [2.45, 2.75) is 25.9 Å². The van der Waals surface area contributed by atoms with E-state index in [-0.39, 0.29) is 0 Å². The first-order valence-corrected chi connectivity index (χ1v) is 6.57. The molecule has 6 nitrogen and oxygen atoms in total. The van der Waals surface area contributed by atoms with Crippen LogP contribution < -0.4 is 10.2 Å². The highest BCUT2D eigenvalue weighted by Gasteiger charge is 2.23. The van der Waals surface area contributed by atoms with Crippen LogP contribution >= 0.6 is 0 Å². The van der Waals surface area contributed by atoms with Crippen LogP contribution in [0, 0.1) is 0 Å². The van der Waals surface area contributed by atoms with Crippen LogP contribution in [-0.2, 0) is 0 Å². The molecule has 1 aliphatic rings. The zero-order valence-electron chi connectivity index (χ0n) is 11.2. The van der Waals surface area contributed by atoms with Crippen LogP contribution in [0.4, 0.5) is 5.95 Å². The van der Waals surface area contributed by atoms with Gasteiger partial charge in [-0.15, -0.1) is 5.10 Å². The largest absolute Gasteiger partial charge is 0.336 e. The number of rotatable bonds is 2. The van der Waals surface area contributed by atoms with Crippen LogP contribution in [-0.4, -0.2) is 45.3 Å². The molecular formula is C13H18N6. The normalized spacial score (nSPS) is 23.6. The molecule has 0 radical (unpaired) electrons. The van der Waals surface area contributed by atoms with Crippen molar-refractivity contribution in [3.05, 3.63) is 24.4 Å². The van der Waals surface area contributed by atoms with Gasteiger partial charge in [0.25, 0.3) is 0 Å². The molecule has 0 aliphatic carbocycles. The molecule has 3 rings (SSSR count). The van der Waals surface area contributed by atoms with E-state index in [1.54, 1.807) is 6.20 Å². The fraction of sp³-hybridized carbons (Fsp3) is 0.462. The Morgan fingerprint density at radius 3 is 2.68 bits per heavy atom. The van der Waals surface area contributed by atoms with E-state index in [2.05, 4.69) is 44.2 Å². The van der Waals surface area contributed by atoms with Crippen LogP contribution in [0.25, 0.3) is 11.5 Å². The molecule has 0 bridgehead atoms. The molecular weight excluding hydrogens is 240 g/mol. The highest BCUT2D eigenvalue weighted by atomic mass is 15.4. The molecule has 1 fully saturated rings. The van der Waals surface area contributed by atoms with Gasteiger partial charge in [-0.25, -0.2) is 0 Å². The summed E-state index contributed by atoms with van der Waals surface area (Å²) in [5, 5.41) is 10.8. The van der Waals surface area contributed by atoms with Gasteiger partial charge in [0.15, 0.2) is 5.82 Å². The summed E-state index contributed by atoms with van der Waals surface area (Å²) in [7, 11) is 0. The van der Waals surface area contributed by atoms with Crippen molar-refractivity contribution in [2.24, 2.45) is 0 Å². The summed E-state index contributed by atoms with van der Waals surface area (Å²) in [6.07, 6.45) is 1.76. The number of H-pyrrole nitrogens is 1. The van der Waals surface area contributed by atoms with Crippen molar-refractivity contribution in [3.63, 3.8) is 0 Å². The van der Waals surface area contributed by atoms with Gasteiger partial charge in [-0.05, 0) is 26.0 Å². The number of hydrogen-bond donors (Lipinski definition) is 2. The minimum absolute atomic E-state index is 0.445. The molecule has 0 amide bonds. The maximum absolute atomic E-state index is 4.54. The van der Waals surface area contributed by atoms with Crippen molar-refractivity contribution in [3.8, 4) is 11.5 Å². The monoisotopic (exact) mass is 258 g/mol. The van der Waals surface area contributed by atoms with E-state index in [4.69, 9.17) is 0 Å². The molecule has 0 spiro atoms. The summed E-state index contributed by atoms with van der Waals surface area (Å²) in [6, 6.07) is 6.65. The fourth-order valence-corrected chi connectivity index (χ4v) is 2.50. The number of nitrogens with one attached hydrogen (secondary N) is 2. The van der Waals surface area contributed by atoms with E-state index in [1.165, 1.54) is 0 Å². The maximum Gasteiger partial charge on any atom is 0.245 e.